The van der Waals surface area contributed by atoms with E-state index >= 15 is 0 Å². The summed E-state index contributed by atoms with van der Waals surface area (Å²) in [6.45, 7) is 2.86. The number of nitrogens with zero attached hydrogens (tertiary/aromatic N) is 2. The molecule has 3 heterocycles. The van der Waals surface area contributed by atoms with E-state index in [0.29, 0.717) is 75.7 Å². The summed E-state index contributed by atoms with van der Waals surface area (Å²) in [4.78, 5) is 29.9. The number of methoxy groups -OCH3 is 2. The van der Waals surface area contributed by atoms with Crippen molar-refractivity contribution in [1.82, 2.24) is 9.47 Å². The molecule has 1 N–H and O–H groups in total. The second-order valence-electron chi connectivity index (χ2n) is 9.46. The van der Waals surface area contributed by atoms with Crippen LogP contribution >= 0.6 is 0 Å². The number of likely N-dealkylation sites (tertiary alicyclic amines) is 1. The lowest BCUT2D eigenvalue weighted by Gasteiger charge is -2.30. The second-order valence-corrected chi connectivity index (χ2v) is 9.46. The zero-order chi connectivity index (χ0) is 25.0. The molecule has 36 heavy (non-hydrogen) atoms. The quantitative estimate of drug-likeness (QED) is 0.439. The summed E-state index contributed by atoms with van der Waals surface area (Å²) in [5.74, 6) is 1.80. The molecule has 0 radical (unpaired) electrons. The lowest BCUT2D eigenvalue weighted by molar-refractivity contribution is 0.0695. The molecule has 1 fully saturated rings. The van der Waals surface area contributed by atoms with Gasteiger partial charge in [0.15, 0.2) is 28.8 Å². The van der Waals surface area contributed by atoms with E-state index in [1.165, 1.54) is 14.2 Å². The largest absolute Gasteiger partial charge is 0.493 e. The van der Waals surface area contributed by atoms with Crippen LogP contribution in [0.15, 0.2) is 29.1 Å². The van der Waals surface area contributed by atoms with Gasteiger partial charge in [-0.15, -0.1) is 0 Å². The number of pyridine rings is 1. The molecule has 0 spiro atoms. The van der Waals surface area contributed by atoms with E-state index < -0.39 is 0 Å². The molecule has 0 amide bonds. The van der Waals surface area contributed by atoms with Crippen molar-refractivity contribution in [1.29, 1.82) is 0 Å². The summed E-state index contributed by atoms with van der Waals surface area (Å²) in [6, 6.07) is 6.86. The monoisotopic (exact) mass is 492 g/mol. The fourth-order valence-electron chi connectivity index (χ4n) is 5.64. The molecule has 2 aliphatic heterocycles. The predicted molar refractivity (Wildman–Crippen MR) is 133 cm³/mol. The number of aromatic nitrogens is 1. The third kappa shape index (κ3) is 3.53. The van der Waals surface area contributed by atoms with Crippen molar-refractivity contribution >= 4 is 16.6 Å². The van der Waals surface area contributed by atoms with E-state index in [0.717, 1.165) is 25.9 Å². The number of hydrogen-bond acceptors (Lipinski definition) is 8. The molecule has 9 heteroatoms. The predicted octanol–water partition coefficient (Wildman–Crippen LogP) is 2.81. The first-order chi connectivity index (χ1) is 17.5. The molecule has 1 saturated heterocycles. The van der Waals surface area contributed by atoms with Crippen LogP contribution in [0.3, 0.4) is 0 Å². The summed E-state index contributed by atoms with van der Waals surface area (Å²) in [6.07, 6.45) is 2.19. The van der Waals surface area contributed by atoms with E-state index in [4.69, 9.17) is 18.9 Å². The third-order valence-electron chi connectivity index (χ3n) is 7.35. The van der Waals surface area contributed by atoms with Crippen LogP contribution in [0.1, 0.15) is 35.2 Å². The molecule has 1 unspecified atom stereocenters. The number of piperidine rings is 1. The Morgan fingerprint density at radius 3 is 2.36 bits per heavy atom. The average molecular weight is 493 g/mol. The van der Waals surface area contributed by atoms with Crippen LogP contribution in [0.25, 0.3) is 22.0 Å². The first-order valence-electron chi connectivity index (χ1n) is 12.2. The molecule has 1 aliphatic carbocycles. The van der Waals surface area contributed by atoms with Crippen molar-refractivity contribution in [2.75, 3.05) is 40.6 Å². The maximum atomic E-state index is 13.9. The molecule has 2 aromatic carbocycles. The summed E-state index contributed by atoms with van der Waals surface area (Å²) < 4.78 is 23.7. The first-order valence-corrected chi connectivity index (χ1v) is 12.2. The van der Waals surface area contributed by atoms with Crippen molar-refractivity contribution in [2.45, 2.75) is 31.9 Å². The van der Waals surface area contributed by atoms with Crippen LogP contribution in [0, 0.1) is 0 Å². The van der Waals surface area contributed by atoms with Crippen LogP contribution < -0.4 is 24.5 Å². The Kier molecular flexibility index (Phi) is 5.61. The van der Waals surface area contributed by atoms with Crippen LogP contribution in [-0.2, 0) is 6.54 Å². The number of ketones is 1. The number of carbonyl (C=O) groups excluding carboxylic acids is 1. The molecule has 1 atom stereocenters. The Morgan fingerprint density at radius 2 is 1.67 bits per heavy atom. The molecule has 188 valence electrons. The second kappa shape index (κ2) is 8.83. The number of rotatable bonds is 6. The number of hydrogen-bond donors (Lipinski definition) is 1. The Balaban J connectivity index is 1.50. The SMILES string of the molecule is COc1cc2c3c(n(CCCN4CCCC(O)C4)c(=O)c2cc1OC)-c1cc2c(cc1C3=O)OCO2. The Labute approximate surface area is 207 Å². The van der Waals surface area contributed by atoms with Crippen LogP contribution in [-0.4, -0.2) is 67.1 Å². The van der Waals surface area contributed by atoms with Gasteiger partial charge in [0.25, 0.3) is 5.56 Å². The van der Waals surface area contributed by atoms with Gasteiger partial charge in [-0.25, -0.2) is 0 Å². The minimum absolute atomic E-state index is 0.0997. The van der Waals surface area contributed by atoms with Gasteiger partial charge in [0.2, 0.25) is 6.79 Å². The van der Waals surface area contributed by atoms with Crippen molar-refractivity contribution in [3.8, 4) is 34.3 Å². The van der Waals surface area contributed by atoms with E-state index in [-0.39, 0.29) is 24.2 Å². The summed E-state index contributed by atoms with van der Waals surface area (Å²) in [5.41, 5.74) is 2.03. The summed E-state index contributed by atoms with van der Waals surface area (Å²) >= 11 is 0. The highest BCUT2D eigenvalue weighted by atomic mass is 16.7. The van der Waals surface area contributed by atoms with E-state index in [1.807, 2.05) is 0 Å². The van der Waals surface area contributed by atoms with Gasteiger partial charge in [-0.1, -0.05) is 0 Å². The number of ether oxygens (including phenoxy) is 4. The number of β-amino-alcohol motifs (C(OH)–C–C–N with tert-alkyl or cyclic N) is 1. The van der Waals surface area contributed by atoms with Gasteiger partial charge in [0, 0.05) is 29.6 Å². The number of benzene rings is 2. The topological polar surface area (TPSA) is 99.5 Å². The Morgan fingerprint density at radius 1 is 0.972 bits per heavy atom. The van der Waals surface area contributed by atoms with Crippen molar-refractivity contribution < 1.29 is 28.8 Å². The highest BCUT2D eigenvalue weighted by Gasteiger charge is 2.35. The molecular weight excluding hydrogens is 464 g/mol. The van der Waals surface area contributed by atoms with Gasteiger partial charge in [-0.3, -0.25) is 9.59 Å². The zero-order valence-electron chi connectivity index (χ0n) is 20.3. The molecule has 3 aromatic rings. The lowest BCUT2D eigenvalue weighted by Crippen LogP contribution is -2.39. The van der Waals surface area contributed by atoms with Gasteiger partial charge >= 0.3 is 0 Å². The van der Waals surface area contributed by atoms with Crippen LogP contribution in [0.4, 0.5) is 0 Å². The van der Waals surface area contributed by atoms with E-state index in [9.17, 15) is 14.7 Å². The summed E-state index contributed by atoms with van der Waals surface area (Å²) in [5, 5.41) is 11.0. The Bertz CT molecular complexity index is 1440. The van der Waals surface area contributed by atoms with Gasteiger partial charge in [-0.2, -0.15) is 0 Å². The minimum Gasteiger partial charge on any atom is -0.493 e. The first kappa shape index (κ1) is 22.9. The lowest BCUT2D eigenvalue weighted by atomic mass is 10.0. The zero-order valence-corrected chi connectivity index (χ0v) is 20.3. The minimum atomic E-state index is -0.303. The van der Waals surface area contributed by atoms with Crippen molar-refractivity contribution in [3.05, 3.63) is 45.7 Å². The van der Waals surface area contributed by atoms with E-state index in [2.05, 4.69) is 4.90 Å². The van der Waals surface area contributed by atoms with Gasteiger partial charge in [0.1, 0.15) is 0 Å². The summed E-state index contributed by atoms with van der Waals surface area (Å²) in [7, 11) is 3.05. The fourth-order valence-corrected chi connectivity index (χ4v) is 5.64. The van der Waals surface area contributed by atoms with Crippen LogP contribution in [0.2, 0.25) is 0 Å². The number of fused-ring (bicyclic) bond motifs is 6. The standard InChI is InChI=1S/C27H28N2O7/c1-33-20-9-16-19(12-21(20)34-2)27(32)29(8-4-7-28-6-3-5-15(30)13-28)25-17-10-22-23(36-14-35-22)11-18(17)26(31)24(16)25/h9-12,15,30H,3-8,13-14H2,1-2H3. The smallest absolute Gasteiger partial charge is 0.259 e. The van der Waals surface area contributed by atoms with Crippen LogP contribution in [0.5, 0.6) is 23.0 Å². The molecule has 6 rings (SSSR count). The maximum Gasteiger partial charge on any atom is 0.259 e. The fraction of sp³-hybridized carbons (Fsp3) is 0.407. The average Bonchev–Trinajstić information content (AvgIpc) is 3.46. The molecular formula is C27H28N2O7. The number of aliphatic hydroxyl groups excluding tert-OH is 1. The van der Waals surface area contributed by atoms with E-state index in [1.54, 1.807) is 28.8 Å². The maximum absolute atomic E-state index is 13.9. The number of carbonyl (C=O) groups is 1. The highest BCUT2D eigenvalue weighted by molar-refractivity contribution is 6.27. The molecule has 3 aliphatic rings. The molecule has 0 saturated carbocycles. The van der Waals surface area contributed by atoms with Gasteiger partial charge in [0.05, 0.1) is 37.0 Å². The van der Waals surface area contributed by atoms with Crippen molar-refractivity contribution in [2.24, 2.45) is 0 Å². The van der Waals surface area contributed by atoms with Gasteiger partial charge < -0.3 is 33.5 Å². The highest BCUT2D eigenvalue weighted by Crippen LogP contribution is 2.46. The molecule has 0 bridgehead atoms. The third-order valence-corrected chi connectivity index (χ3v) is 7.35. The Hall–Kier alpha value is -3.56. The molecule has 9 nitrogen and oxygen atoms in total. The van der Waals surface area contributed by atoms with Gasteiger partial charge in [-0.05, 0) is 56.6 Å². The molecule has 1 aromatic heterocycles. The number of aliphatic hydroxyl groups is 1. The normalized spacial score (nSPS) is 18.4. The van der Waals surface area contributed by atoms with Crippen molar-refractivity contribution in [3.63, 3.8) is 0 Å².